The first-order valence-electron chi connectivity index (χ1n) is 6.65. The van der Waals surface area contributed by atoms with Crippen LogP contribution in [-0.4, -0.2) is 45.1 Å². The van der Waals surface area contributed by atoms with Crippen LogP contribution in [0.4, 0.5) is 0 Å². The Morgan fingerprint density at radius 2 is 2.30 bits per heavy atom. The van der Waals surface area contributed by atoms with Gasteiger partial charge in [0.05, 0.1) is 11.1 Å². The van der Waals surface area contributed by atoms with Gasteiger partial charge >= 0.3 is 0 Å². The smallest absolute Gasteiger partial charge is 0.264 e. The van der Waals surface area contributed by atoms with Crippen molar-refractivity contribution in [1.29, 1.82) is 0 Å². The third-order valence-corrected chi connectivity index (χ3v) is 5.19. The molecule has 0 spiro atoms. The molecule has 1 N–H and O–H groups in total. The van der Waals surface area contributed by atoms with Gasteiger partial charge in [-0.3, -0.25) is 4.79 Å². The van der Waals surface area contributed by atoms with E-state index in [9.17, 15) is 13.2 Å². The van der Waals surface area contributed by atoms with E-state index in [0.717, 1.165) is 36.1 Å². The summed E-state index contributed by atoms with van der Waals surface area (Å²) in [6, 6.07) is 1.95. The van der Waals surface area contributed by atoms with Crippen molar-refractivity contribution in [2.45, 2.75) is 19.8 Å². The summed E-state index contributed by atoms with van der Waals surface area (Å²) in [5, 5.41) is 1.93. The molecule has 1 fully saturated rings. The van der Waals surface area contributed by atoms with Crippen LogP contribution >= 0.6 is 11.3 Å². The van der Waals surface area contributed by atoms with Crippen molar-refractivity contribution < 1.29 is 13.2 Å². The highest BCUT2D eigenvalue weighted by atomic mass is 32.2. The van der Waals surface area contributed by atoms with Gasteiger partial charge in [-0.2, -0.15) is 0 Å². The maximum atomic E-state index is 12.4. The summed E-state index contributed by atoms with van der Waals surface area (Å²) >= 11 is 1.47. The zero-order valence-corrected chi connectivity index (χ0v) is 13.4. The first kappa shape index (κ1) is 15.5. The molecule has 2 heterocycles. The van der Waals surface area contributed by atoms with Crippen LogP contribution < -0.4 is 4.72 Å². The fourth-order valence-electron chi connectivity index (χ4n) is 2.42. The molecule has 0 saturated carbocycles. The van der Waals surface area contributed by atoms with Crippen LogP contribution in [0.15, 0.2) is 11.4 Å². The van der Waals surface area contributed by atoms with Crippen molar-refractivity contribution in [3.8, 4) is 0 Å². The number of aryl methyl sites for hydroxylation is 1. The van der Waals surface area contributed by atoms with Gasteiger partial charge in [0.2, 0.25) is 10.0 Å². The van der Waals surface area contributed by atoms with Gasteiger partial charge in [0.25, 0.3) is 5.91 Å². The average Bonchev–Trinajstić information content (AvgIpc) is 2.81. The van der Waals surface area contributed by atoms with E-state index in [0.29, 0.717) is 13.1 Å². The number of carbonyl (C=O) groups excluding carboxylic acids is 1. The number of nitrogens with one attached hydrogen (secondary N) is 1. The van der Waals surface area contributed by atoms with Crippen molar-refractivity contribution in [3.63, 3.8) is 0 Å². The molecule has 0 aliphatic carbocycles. The number of sulfonamides is 1. The van der Waals surface area contributed by atoms with E-state index in [1.54, 1.807) is 0 Å². The predicted molar refractivity (Wildman–Crippen MR) is 80.5 cm³/mol. The molecule has 1 unspecified atom stereocenters. The van der Waals surface area contributed by atoms with Gasteiger partial charge in [0.15, 0.2) is 0 Å². The van der Waals surface area contributed by atoms with Crippen LogP contribution in [0.25, 0.3) is 0 Å². The number of carbonyl (C=O) groups is 1. The fraction of sp³-hybridized carbons (Fsp3) is 0.615. The molecule has 1 saturated heterocycles. The van der Waals surface area contributed by atoms with Crippen molar-refractivity contribution in [2.75, 3.05) is 25.9 Å². The normalized spacial score (nSPS) is 20.1. The highest BCUT2D eigenvalue weighted by molar-refractivity contribution is 7.88. The minimum Gasteiger partial charge on any atom is -0.338 e. The lowest BCUT2D eigenvalue weighted by atomic mass is 9.98. The predicted octanol–water partition coefficient (Wildman–Crippen LogP) is 1.46. The van der Waals surface area contributed by atoms with Crippen molar-refractivity contribution >= 4 is 27.3 Å². The fourth-order valence-corrected chi connectivity index (χ4v) is 3.85. The highest BCUT2D eigenvalue weighted by Gasteiger charge is 2.26. The molecule has 20 heavy (non-hydrogen) atoms. The Kier molecular flexibility index (Phi) is 4.82. The number of hydrogen-bond acceptors (Lipinski definition) is 4. The molecule has 112 valence electrons. The molecule has 1 atom stereocenters. The second kappa shape index (κ2) is 6.24. The standard InChI is InChI=1S/C13H20N2O3S2/c1-10-5-7-19-12(10)13(16)15-6-3-4-11(9-15)8-14-20(2,17)18/h5,7,11,14H,3-4,6,8-9H2,1-2H3. The van der Waals surface area contributed by atoms with Gasteiger partial charge in [-0.05, 0) is 42.7 Å². The van der Waals surface area contributed by atoms with Crippen LogP contribution in [0.3, 0.4) is 0 Å². The van der Waals surface area contributed by atoms with Crippen LogP contribution in [0.2, 0.25) is 0 Å². The van der Waals surface area contributed by atoms with E-state index >= 15 is 0 Å². The number of amides is 1. The van der Waals surface area contributed by atoms with E-state index in [4.69, 9.17) is 0 Å². The molecule has 1 aromatic heterocycles. The minimum atomic E-state index is -3.16. The van der Waals surface area contributed by atoms with E-state index in [1.165, 1.54) is 11.3 Å². The largest absolute Gasteiger partial charge is 0.338 e. The summed E-state index contributed by atoms with van der Waals surface area (Å²) in [5.74, 6) is 0.268. The van der Waals surface area contributed by atoms with E-state index < -0.39 is 10.0 Å². The molecule has 0 aromatic carbocycles. The Morgan fingerprint density at radius 3 is 2.90 bits per heavy atom. The second-order valence-corrected chi connectivity index (χ2v) is 8.06. The van der Waals surface area contributed by atoms with Gasteiger partial charge in [-0.25, -0.2) is 13.1 Å². The van der Waals surface area contributed by atoms with Gasteiger partial charge in [-0.15, -0.1) is 11.3 Å². The number of nitrogens with zero attached hydrogens (tertiary/aromatic N) is 1. The SMILES string of the molecule is Cc1ccsc1C(=O)N1CCCC(CNS(C)(=O)=O)C1. The quantitative estimate of drug-likeness (QED) is 0.914. The maximum absolute atomic E-state index is 12.4. The second-order valence-electron chi connectivity index (χ2n) is 5.31. The zero-order valence-electron chi connectivity index (χ0n) is 11.8. The molecular formula is C13H20N2O3S2. The van der Waals surface area contributed by atoms with Crippen LogP contribution in [-0.2, 0) is 10.0 Å². The lowest BCUT2D eigenvalue weighted by molar-refractivity contribution is 0.0680. The third-order valence-electron chi connectivity index (χ3n) is 3.50. The lowest BCUT2D eigenvalue weighted by Crippen LogP contribution is -2.43. The van der Waals surface area contributed by atoms with E-state index in [2.05, 4.69) is 4.72 Å². The van der Waals surface area contributed by atoms with Gasteiger partial charge < -0.3 is 4.90 Å². The third kappa shape index (κ3) is 4.04. The Bertz CT molecular complexity index is 580. The summed E-state index contributed by atoms with van der Waals surface area (Å²) in [4.78, 5) is 15.1. The number of piperidine rings is 1. The highest BCUT2D eigenvalue weighted by Crippen LogP contribution is 2.22. The topological polar surface area (TPSA) is 66.5 Å². The summed E-state index contributed by atoms with van der Waals surface area (Å²) < 4.78 is 24.8. The van der Waals surface area contributed by atoms with Gasteiger partial charge in [0.1, 0.15) is 0 Å². The van der Waals surface area contributed by atoms with Crippen molar-refractivity contribution in [3.05, 3.63) is 21.9 Å². The molecule has 5 nitrogen and oxygen atoms in total. The number of hydrogen-bond donors (Lipinski definition) is 1. The van der Waals surface area contributed by atoms with Crippen LogP contribution in [0.5, 0.6) is 0 Å². The molecule has 7 heteroatoms. The lowest BCUT2D eigenvalue weighted by Gasteiger charge is -2.32. The molecule has 1 amide bonds. The molecule has 1 aromatic rings. The van der Waals surface area contributed by atoms with Gasteiger partial charge in [0, 0.05) is 19.6 Å². The van der Waals surface area contributed by atoms with Crippen molar-refractivity contribution in [2.24, 2.45) is 5.92 Å². The minimum absolute atomic E-state index is 0.0709. The van der Waals surface area contributed by atoms with Gasteiger partial charge in [-0.1, -0.05) is 0 Å². The van der Waals surface area contributed by atoms with Crippen molar-refractivity contribution in [1.82, 2.24) is 9.62 Å². The first-order chi connectivity index (χ1) is 9.37. The maximum Gasteiger partial charge on any atom is 0.264 e. The summed E-state index contributed by atoms with van der Waals surface area (Å²) in [6.45, 7) is 3.73. The zero-order chi connectivity index (χ0) is 14.8. The Labute approximate surface area is 124 Å². The molecule has 1 aliphatic rings. The molecule has 0 bridgehead atoms. The van der Waals surface area contributed by atoms with E-state index in [-0.39, 0.29) is 11.8 Å². The van der Waals surface area contributed by atoms with E-state index in [1.807, 2.05) is 23.3 Å². The number of thiophene rings is 1. The summed E-state index contributed by atoms with van der Waals surface area (Å²) in [6.07, 6.45) is 3.04. The summed E-state index contributed by atoms with van der Waals surface area (Å²) in [7, 11) is -3.16. The number of rotatable bonds is 4. The molecule has 0 radical (unpaired) electrons. The molecular weight excluding hydrogens is 296 g/mol. The molecule has 2 rings (SSSR count). The van der Waals surface area contributed by atoms with Crippen LogP contribution in [0.1, 0.15) is 28.1 Å². The number of likely N-dealkylation sites (tertiary alicyclic amines) is 1. The molecule has 1 aliphatic heterocycles. The first-order valence-corrected chi connectivity index (χ1v) is 9.42. The monoisotopic (exact) mass is 316 g/mol. The Morgan fingerprint density at radius 1 is 1.55 bits per heavy atom. The average molecular weight is 316 g/mol. The summed E-state index contributed by atoms with van der Waals surface area (Å²) in [5.41, 5.74) is 1.01. The Balaban J connectivity index is 1.97. The van der Waals surface area contributed by atoms with Crippen LogP contribution in [0, 0.1) is 12.8 Å². The Hall–Kier alpha value is -0.920.